The Morgan fingerprint density at radius 2 is 1.71 bits per heavy atom. The van der Waals surface area contributed by atoms with Gasteiger partial charge in [-0.25, -0.2) is 13.2 Å². The first-order chi connectivity index (χ1) is 14.9. The van der Waals surface area contributed by atoms with Crippen molar-refractivity contribution in [2.45, 2.75) is 23.8 Å². The maximum Gasteiger partial charge on any atom is 0.339 e. The molecule has 0 aliphatic carbocycles. The lowest BCUT2D eigenvalue weighted by molar-refractivity contribution is -0.119. The molecule has 0 bridgehead atoms. The first-order valence-corrected chi connectivity index (χ1v) is 11.3. The number of amides is 1. The number of hydrogen-bond acceptors (Lipinski definition) is 5. The van der Waals surface area contributed by atoms with Gasteiger partial charge in [-0.3, -0.25) is 4.79 Å². The number of carbonyl (C=O) groups is 2. The molecule has 0 saturated carbocycles. The molecular weight excluding hydrogens is 416 g/mol. The molecule has 3 aromatic carbocycles. The number of hydrogen-bond donors (Lipinski definition) is 1. The molecule has 1 atom stereocenters. The van der Waals surface area contributed by atoms with Crippen LogP contribution in [0.1, 0.15) is 23.2 Å². The Morgan fingerprint density at radius 1 is 1.00 bits per heavy atom. The number of fused-ring (bicyclic) bond motifs is 1. The van der Waals surface area contributed by atoms with E-state index in [2.05, 4.69) is 5.32 Å². The van der Waals surface area contributed by atoms with E-state index in [0.717, 1.165) is 10.8 Å². The highest BCUT2D eigenvalue weighted by atomic mass is 32.2. The molecule has 1 N–H and O–H groups in total. The predicted molar refractivity (Wildman–Crippen MR) is 117 cm³/mol. The molecule has 7 nitrogen and oxygen atoms in total. The van der Waals surface area contributed by atoms with E-state index in [9.17, 15) is 18.0 Å². The van der Waals surface area contributed by atoms with Gasteiger partial charge in [-0.15, -0.1) is 0 Å². The molecule has 31 heavy (non-hydrogen) atoms. The molecule has 1 aliphatic heterocycles. The summed E-state index contributed by atoms with van der Waals surface area (Å²) in [5.74, 6) is -1.05. The number of carbonyl (C=O) groups excluding carboxylic acids is 2. The van der Waals surface area contributed by atoms with Gasteiger partial charge >= 0.3 is 5.97 Å². The zero-order valence-electron chi connectivity index (χ0n) is 16.9. The fourth-order valence-electron chi connectivity index (χ4n) is 3.85. The van der Waals surface area contributed by atoms with Crippen molar-refractivity contribution in [1.82, 2.24) is 4.31 Å². The van der Waals surface area contributed by atoms with Crippen LogP contribution in [0.2, 0.25) is 0 Å². The summed E-state index contributed by atoms with van der Waals surface area (Å²) in [7, 11) is -2.61. The molecule has 8 heteroatoms. The number of esters is 1. The number of methoxy groups -OCH3 is 1. The summed E-state index contributed by atoms with van der Waals surface area (Å²) in [6, 6.07) is 18.1. The highest BCUT2D eigenvalue weighted by Crippen LogP contribution is 2.29. The number of benzene rings is 3. The van der Waals surface area contributed by atoms with Crippen LogP contribution in [-0.2, 0) is 19.6 Å². The van der Waals surface area contributed by atoms with Crippen LogP contribution in [0.3, 0.4) is 0 Å². The van der Waals surface area contributed by atoms with Gasteiger partial charge in [-0.2, -0.15) is 4.31 Å². The van der Waals surface area contributed by atoms with Crippen molar-refractivity contribution in [1.29, 1.82) is 0 Å². The standard InChI is InChI=1S/C23H22N2O5S/c1-30-23(27)19-9-4-5-10-20(19)24-22(26)21-11-6-14-25(21)31(28,29)18-13-12-16-7-2-3-8-17(16)15-18/h2-5,7-10,12-13,15,21H,6,11,14H2,1H3,(H,24,26)/t21-/m0/s1. The molecule has 1 aliphatic rings. The highest BCUT2D eigenvalue weighted by molar-refractivity contribution is 7.89. The summed E-state index contributed by atoms with van der Waals surface area (Å²) >= 11 is 0. The van der Waals surface area contributed by atoms with Crippen LogP contribution in [0.15, 0.2) is 71.6 Å². The fraction of sp³-hybridized carbons (Fsp3) is 0.217. The van der Waals surface area contributed by atoms with Crippen molar-refractivity contribution >= 4 is 38.4 Å². The quantitative estimate of drug-likeness (QED) is 0.616. The third-order valence-electron chi connectivity index (χ3n) is 5.42. The largest absolute Gasteiger partial charge is 0.465 e. The van der Waals surface area contributed by atoms with Crippen molar-refractivity contribution in [2.24, 2.45) is 0 Å². The molecule has 3 aromatic rings. The molecule has 0 unspecified atom stereocenters. The first-order valence-electron chi connectivity index (χ1n) is 9.90. The molecule has 1 heterocycles. The van der Waals surface area contributed by atoms with Crippen molar-refractivity contribution in [3.05, 3.63) is 72.3 Å². The topological polar surface area (TPSA) is 92.8 Å². The normalized spacial score (nSPS) is 16.9. The number of nitrogens with zero attached hydrogens (tertiary/aromatic N) is 1. The zero-order valence-corrected chi connectivity index (χ0v) is 17.8. The Kier molecular flexibility index (Phi) is 5.75. The summed E-state index contributed by atoms with van der Waals surface area (Å²) in [5, 5.41) is 4.46. The third-order valence-corrected chi connectivity index (χ3v) is 7.33. The molecule has 160 valence electrons. The van der Waals surface area contributed by atoms with Gasteiger partial charge in [0.2, 0.25) is 15.9 Å². The molecule has 0 spiro atoms. The summed E-state index contributed by atoms with van der Waals surface area (Å²) in [4.78, 5) is 25.1. The average molecular weight is 439 g/mol. The SMILES string of the molecule is COC(=O)c1ccccc1NC(=O)[C@@H]1CCCN1S(=O)(=O)c1ccc2ccccc2c1. The highest BCUT2D eigenvalue weighted by Gasteiger charge is 2.39. The van der Waals surface area contributed by atoms with Crippen LogP contribution in [0.5, 0.6) is 0 Å². The van der Waals surface area contributed by atoms with Gasteiger partial charge in [0.1, 0.15) is 6.04 Å². The minimum absolute atomic E-state index is 0.154. The second kappa shape index (κ2) is 8.49. The van der Waals surface area contributed by atoms with E-state index in [4.69, 9.17) is 4.74 Å². The Bertz CT molecular complexity index is 1260. The lowest BCUT2D eigenvalue weighted by atomic mass is 10.1. The second-order valence-electron chi connectivity index (χ2n) is 7.31. The molecule has 0 aromatic heterocycles. The maximum absolute atomic E-state index is 13.3. The Labute approximate surface area is 180 Å². The van der Waals surface area contributed by atoms with E-state index in [0.29, 0.717) is 12.8 Å². The minimum Gasteiger partial charge on any atom is -0.465 e. The molecule has 0 radical (unpaired) electrons. The number of nitrogens with one attached hydrogen (secondary N) is 1. The fourth-order valence-corrected chi connectivity index (χ4v) is 5.54. The smallest absolute Gasteiger partial charge is 0.339 e. The van der Waals surface area contributed by atoms with Gasteiger partial charge in [0.05, 0.1) is 23.3 Å². The van der Waals surface area contributed by atoms with E-state index in [1.165, 1.54) is 11.4 Å². The van der Waals surface area contributed by atoms with E-state index in [1.54, 1.807) is 42.5 Å². The van der Waals surface area contributed by atoms with Crippen molar-refractivity contribution in [2.75, 3.05) is 19.0 Å². The van der Waals surface area contributed by atoms with E-state index < -0.39 is 27.9 Å². The van der Waals surface area contributed by atoms with Gasteiger partial charge < -0.3 is 10.1 Å². The van der Waals surface area contributed by atoms with Crippen molar-refractivity contribution < 1.29 is 22.7 Å². The molecule has 1 amide bonds. The summed E-state index contributed by atoms with van der Waals surface area (Å²) < 4.78 is 32.7. The minimum atomic E-state index is -3.87. The molecule has 1 fully saturated rings. The van der Waals surface area contributed by atoms with Gasteiger partial charge in [0, 0.05) is 6.54 Å². The van der Waals surface area contributed by atoms with Crippen LogP contribution >= 0.6 is 0 Å². The summed E-state index contributed by atoms with van der Waals surface area (Å²) in [5.41, 5.74) is 0.495. The number of para-hydroxylation sites is 1. The van der Waals surface area contributed by atoms with Gasteiger partial charge in [0.15, 0.2) is 0 Å². The number of ether oxygens (including phenoxy) is 1. The molecular formula is C23H22N2O5S. The number of anilines is 1. The van der Waals surface area contributed by atoms with Crippen molar-refractivity contribution in [3.63, 3.8) is 0 Å². The Balaban J connectivity index is 1.61. The van der Waals surface area contributed by atoms with Crippen LogP contribution < -0.4 is 5.32 Å². The molecule has 4 rings (SSSR count). The second-order valence-corrected chi connectivity index (χ2v) is 9.20. The first kappa shape index (κ1) is 21.0. The van der Waals surface area contributed by atoms with Crippen LogP contribution in [0, 0.1) is 0 Å². The molecule has 1 saturated heterocycles. The zero-order chi connectivity index (χ0) is 22.0. The lowest BCUT2D eigenvalue weighted by Crippen LogP contribution is -2.43. The van der Waals surface area contributed by atoms with Crippen LogP contribution in [0.4, 0.5) is 5.69 Å². The predicted octanol–water partition coefficient (Wildman–Crippen LogP) is 3.42. The summed E-state index contributed by atoms with van der Waals surface area (Å²) in [6.45, 7) is 0.256. The van der Waals surface area contributed by atoms with Crippen LogP contribution in [0.25, 0.3) is 10.8 Å². The van der Waals surface area contributed by atoms with Crippen LogP contribution in [-0.4, -0.2) is 44.3 Å². The lowest BCUT2D eigenvalue weighted by Gasteiger charge is -2.24. The monoisotopic (exact) mass is 438 g/mol. The van der Waals surface area contributed by atoms with Gasteiger partial charge in [-0.05, 0) is 47.9 Å². The van der Waals surface area contributed by atoms with E-state index in [1.807, 2.05) is 24.3 Å². The Morgan fingerprint density at radius 3 is 2.48 bits per heavy atom. The van der Waals surface area contributed by atoms with E-state index in [-0.39, 0.29) is 22.7 Å². The van der Waals surface area contributed by atoms with Gasteiger partial charge in [-0.1, -0.05) is 42.5 Å². The summed E-state index contributed by atoms with van der Waals surface area (Å²) in [6.07, 6.45) is 0.975. The Hall–Kier alpha value is -3.23. The average Bonchev–Trinajstić information content (AvgIpc) is 3.30. The van der Waals surface area contributed by atoms with Gasteiger partial charge in [0.25, 0.3) is 0 Å². The number of rotatable bonds is 5. The number of sulfonamides is 1. The third kappa shape index (κ3) is 4.04. The van der Waals surface area contributed by atoms with E-state index >= 15 is 0 Å². The van der Waals surface area contributed by atoms with Crippen molar-refractivity contribution in [3.8, 4) is 0 Å². The maximum atomic E-state index is 13.3.